The maximum absolute atomic E-state index is 12.4. The van der Waals surface area contributed by atoms with E-state index < -0.39 is 11.6 Å². The lowest BCUT2D eigenvalue weighted by molar-refractivity contribution is 0.0143. The molecule has 6 nitrogen and oxygen atoms in total. The van der Waals surface area contributed by atoms with Crippen molar-refractivity contribution in [3.63, 3.8) is 0 Å². The Morgan fingerprint density at radius 1 is 1.32 bits per heavy atom. The quantitative estimate of drug-likeness (QED) is 0.803. The number of hydrogen-bond acceptors (Lipinski definition) is 6. The SMILES string of the molecule is COC(=O)c1sc2c(c1N)CN(C(=O)OC(C)(C)C)C21CC1. The third kappa shape index (κ3) is 2.15. The second-order valence-electron chi connectivity index (χ2n) is 6.74. The average molecular weight is 324 g/mol. The van der Waals surface area contributed by atoms with Gasteiger partial charge in [0.25, 0.3) is 0 Å². The second-order valence-corrected chi connectivity index (χ2v) is 7.76. The minimum atomic E-state index is -0.536. The first-order valence-corrected chi connectivity index (χ1v) is 8.02. The van der Waals surface area contributed by atoms with Gasteiger partial charge in [0, 0.05) is 10.4 Å². The van der Waals surface area contributed by atoms with Crippen molar-refractivity contribution in [1.29, 1.82) is 0 Å². The van der Waals surface area contributed by atoms with Crippen LogP contribution >= 0.6 is 11.3 Å². The molecule has 2 aliphatic rings. The number of ether oxygens (including phenoxy) is 2. The first kappa shape index (κ1) is 15.1. The summed E-state index contributed by atoms with van der Waals surface area (Å²) in [7, 11) is 1.34. The Morgan fingerprint density at radius 2 is 1.95 bits per heavy atom. The molecule has 3 rings (SSSR count). The Morgan fingerprint density at radius 3 is 2.45 bits per heavy atom. The Labute approximate surface area is 133 Å². The van der Waals surface area contributed by atoms with Crippen LogP contribution in [0.5, 0.6) is 0 Å². The Kier molecular flexibility index (Phi) is 3.18. The highest BCUT2D eigenvalue weighted by Crippen LogP contribution is 2.61. The lowest BCUT2D eigenvalue weighted by Crippen LogP contribution is -2.39. The molecule has 1 spiro atoms. The number of hydrogen-bond donors (Lipinski definition) is 1. The van der Waals surface area contributed by atoms with Crippen LogP contribution in [0.15, 0.2) is 0 Å². The van der Waals surface area contributed by atoms with E-state index in [0.29, 0.717) is 17.1 Å². The van der Waals surface area contributed by atoms with Gasteiger partial charge in [-0.2, -0.15) is 0 Å². The highest BCUT2D eigenvalue weighted by molar-refractivity contribution is 7.15. The summed E-state index contributed by atoms with van der Waals surface area (Å²) in [5.74, 6) is -0.420. The number of amides is 1. The monoisotopic (exact) mass is 324 g/mol. The van der Waals surface area contributed by atoms with Gasteiger partial charge >= 0.3 is 12.1 Å². The lowest BCUT2D eigenvalue weighted by Gasteiger charge is -2.28. The second kappa shape index (κ2) is 4.62. The molecule has 0 radical (unpaired) electrons. The predicted octanol–water partition coefficient (Wildman–Crippen LogP) is 2.86. The number of anilines is 1. The number of thiophene rings is 1. The molecule has 1 fully saturated rings. The van der Waals surface area contributed by atoms with Gasteiger partial charge in [-0.25, -0.2) is 9.59 Å². The van der Waals surface area contributed by atoms with Crippen molar-refractivity contribution in [3.05, 3.63) is 15.3 Å². The zero-order chi connectivity index (χ0) is 16.3. The molecular weight excluding hydrogens is 304 g/mol. The lowest BCUT2D eigenvalue weighted by atomic mass is 10.1. The number of esters is 1. The molecule has 0 unspecified atom stereocenters. The summed E-state index contributed by atoms with van der Waals surface area (Å²) < 4.78 is 10.3. The van der Waals surface area contributed by atoms with Crippen LogP contribution in [0.1, 0.15) is 53.7 Å². The van der Waals surface area contributed by atoms with E-state index in [-0.39, 0.29) is 11.6 Å². The number of nitrogens with two attached hydrogens (primary N) is 1. The minimum Gasteiger partial charge on any atom is -0.465 e. The molecule has 1 amide bonds. The van der Waals surface area contributed by atoms with Crippen molar-refractivity contribution < 1.29 is 19.1 Å². The molecule has 0 atom stereocenters. The number of nitrogens with zero attached hydrogens (tertiary/aromatic N) is 1. The van der Waals surface area contributed by atoms with Gasteiger partial charge < -0.3 is 15.2 Å². The molecule has 1 saturated carbocycles. The number of nitrogen functional groups attached to an aromatic ring is 1. The van der Waals surface area contributed by atoms with Crippen LogP contribution in [0.4, 0.5) is 10.5 Å². The normalized spacial score (nSPS) is 18.3. The van der Waals surface area contributed by atoms with E-state index >= 15 is 0 Å². The summed E-state index contributed by atoms with van der Waals surface area (Å²) in [6.45, 7) is 5.93. The van der Waals surface area contributed by atoms with E-state index in [0.717, 1.165) is 23.3 Å². The molecule has 1 aliphatic carbocycles. The van der Waals surface area contributed by atoms with Gasteiger partial charge in [0.05, 0.1) is 24.9 Å². The zero-order valence-electron chi connectivity index (χ0n) is 13.2. The zero-order valence-corrected chi connectivity index (χ0v) is 14.0. The smallest absolute Gasteiger partial charge is 0.411 e. The van der Waals surface area contributed by atoms with Crippen molar-refractivity contribution in [3.8, 4) is 0 Å². The maximum atomic E-state index is 12.4. The molecule has 1 aromatic heterocycles. The van der Waals surface area contributed by atoms with Gasteiger partial charge in [0.1, 0.15) is 10.5 Å². The molecular formula is C15H20N2O4S. The van der Waals surface area contributed by atoms with Crippen molar-refractivity contribution in [2.45, 2.75) is 51.3 Å². The van der Waals surface area contributed by atoms with Crippen LogP contribution < -0.4 is 5.73 Å². The Hall–Kier alpha value is -1.76. The van der Waals surface area contributed by atoms with Crippen LogP contribution in [0.25, 0.3) is 0 Å². The largest absolute Gasteiger partial charge is 0.465 e. The van der Waals surface area contributed by atoms with Crippen molar-refractivity contribution in [2.24, 2.45) is 0 Å². The summed E-state index contributed by atoms with van der Waals surface area (Å²) in [6.07, 6.45) is 1.42. The third-order valence-electron chi connectivity index (χ3n) is 4.01. The Balaban J connectivity index is 1.92. The molecule has 1 aromatic rings. The summed E-state index contributed by atoms with van der Waals surface area (Å²) in [5, 5.41) is 0. The standard InChI is InChI=1S/C15H20N2O4S/c1-14(2,3)21-13(19)17-7-8-9(16)10(12(18)20-4)22-11(8)15(17)5-6-15/h5-7,16H2,1-4H3. The van der Waals surface area contributed by atoms with Gasteiger partial charge in [-0.15, -0.1) is 11.3 Å². The van der Waals surface area contributed by atoms with Crippen molar-refractivity contribution in [2.75, 3.05) is 12.8 Å². The number of carbonyl (C=O) groups is 2. The first-order valence-electron chi connectivity index (χ1n) is 7.20. The topological polar surface area (TPSA) is 81.9 Å². The van der Waals surface area contributed by atoms with E-state index in [1.807, 2.05) is 20.8 Å². The van der Waals surface area contributed by atoms with Crippen molar-refractivity contribution >= 4 is 29.1 Å². The molecule has 1 aliphatic heterocycles. The summed E-state index contributed by atoms with van der Waals surface area (Å²) in [4.78, 5) is 27.4. The molecule has 2 N–H and O–H groups in total. The Bertz CT molecular complexity index is 655. The minimum absolute atomic E-state index is 0.326. The number of methoxy groups -OCH3 is 1. The molecule has 0 bridgehead atoms. The van der Waals surface area contributed by atoms with E-state index in [1.165, 1.54) is 18.4 Å². The fourth-order valence-electron chi connectivity index (χ4n) is 2.86. The van der Waals surface area contributed by atoms with Crippen LogP contribution in [-0.2, 0) is 21.6 Å². The van der Waals surface area contributed by atoms with Crippen LogP contribution in [0, 0.1) is 0 Å². The fourth-order valence-corrected chi connectivity index (χ4v) is 4.26. The van der Waals surface area contributed by atoms with Crippen molar-refractivity contribution in [1.82, 2.24) is 4.90 Å². The number of carbonyl (C=O) groups excluding carboxylic acids is 2. The third-order valence-corrected chi connectivity index (χ3v) is 5.43. The molecule has 2 heterocycles. The van der Waals surface area contributed by atoms with Gasteiger partial charge in [0.2, 0.25) is 0 Å². The average Bonchev–Trinajstić information content (AvgIpc) is 3.03. The summed E-state index contributed by atoms with van der Waals surface area (Å²) in [6, 6.07) is 0. The first-order chi connectivity index (χ1) is 10.2. The summed E-state index contributed by atoms with van der Waals surface area (Å²) in [5.41, 5.74) is 6.54. The van der Waals surface area contributed by atoms with E-state index in [1.54, 1.807) is 4.90 Å². The molecule has 7 heteroatoms. The number of fused-ring (bicyclic) bond motifs is 2. The van der Waals surface area contributed by atoms with E-state index in [4.69, 9.17) is 15.2 Å². The van der Waals surface area contributed by atoms with Gasteiger partial charge in [-0.05, 0) is 33.6 Å². The van der Waals surface area contributed by atoms with E-state index in [9.17, 15) is 9.59 Å². The molecule has 0 aromatic carbocycles. The van der Waals surface area contributed by atoms with Crippen LogP contribution in [0.3, 0.4) is 0 Å². The van der Waals surface area contributed by atoms with Gasteiger partial charge in [-0.3, -0.25) is 4.90 Å². The van der Waals surface area contributed by atoms with E-state index in [2.05, 4.69) is 0 Å². The molecule has 0 saturated heterocycles. The van der Waals surface area contributed by atoms with Gasteiger partial charge in [0.15, 0.2) is 0 Å². The highest BCUT2D eigenvalue weighted by atomic mass is 32.1. The fraction of sp³-hybridized carbons (Fsp3) is 0.600. The highest BCUT2D eigenvalue weighted by Gasteiger charge is 2.59. The molecule has 22 heavy (non-hydrogen) atoms. The van der Waals surface area contributed by atoms with Crippen LogP contribution in [0.2, 0.25) is 0 Å². The van der Waals surface area contributed by atoms with Gasteiger partial charge in [-0.1, -0.05) is 0 Å². The number of rotatable bonds is 1. The maximum Gasteiger partial charge on any atom is 0.411 e. The predicted molar refractivity (Wildman–Crippen MR) is 82.8 cm³/mol. The summed E-state index contributed by atoms with van der Waals surface area (Å²) >= 11 is 1.34. The van der Waals surface area contributed by atoms with Crippen LogP contribution in [-0.4, -0.2) is 29.7 Å². The molecule has 120 valence electrons.